The van der Waals surface area contributed by atoms with Crippen molar-refractivity contribution in [3.05, 3.63) is 70.7 Å². The Morgan fingerprint density at radius 2 is 1.72 bits per heavy atom. The van der Waals surface area contributed by atoms with Gasteiger partial charge in [-0.1, -0.05) is 24.3 Å². The summed E-state index contributed by atoms with van der Waals surface area (Å²) in [7, 11) is 3.10. The number of methoxy groups -OCH3 is 2. The fraction of sp³-hybridized carbons (Fsp3) is 0.304. The molecular formula is C23H22FNO4. The predicted octanol–water partition coefficient (Wildman–Crippen LogP) is 3.85. The molecule has 1 amide bonds. The second-order valence-corrected chi connectivity index (χ2v) is 7.36. The first-order valence-electron chi connectivity index (χ1n) is 9.54. The third-order valence-electron chi connectivity index (χ3n) is 5.69. The van der Waals surface area contributed by atoms with Gasteiger partial charge in [0, 0.05) is 35.6 Å². The number of halogens is 1. The van der Waals surface area contributed by atoms with Crippen LogP contribution in [0.2, 0.25) is 0 Å². The Kier molecular flexibility index (Phi) is 5.09. The van der Waals surface area contributed by atoms with Crippen molar-refractivity contribution in [2.75, 3.05) is 14.2 Å². The number of Topliss-reactive ketones (excluding diaryl/α,β-unsaturated/α-hetero) is 1. The number of nitrogens with one attached hydrogen (secondary N) is 1. The van der Waals surface area contributed by atoms with Crippen LogP contribution < -0.4 is 14.8 Å². The number of ketones is 1. The van der Waals surface area contributed by atoms with Gasteiger partial charge in [0.05, 0.1) is 14.2 Å². The van der Waals surface area contributed by atoms with E-state index in [2.05, 4.69) is 5.32 Å². The molecule has 29 heavy (non-hydrogen) atoms. The van der Waals surface area contributed by atoms with Crippen LogP contribution in [0.3, 0.4) is 0 Å². The van der Waals surface area contributed by atoms with Crippen LogP contribution in [0.4, 0.5) is 4.39 Å². The summed E-state index contributed by atoms with van der Waals surface area (Å²) >= 11 is 0. The average molecular weight is 395 g/mol. The molecule has 2 aromatic rings. The number of para-hydroxylation sites is 1. The minimum Gasteiger partial charge on any atom is -0.493 e. The molecule has 1 aliphatic carbocycles. The number of carbonyl (C=O) groups is 2. The Bertz CT molecular complexity index is 996. The number of ether oxygens (including phenoxy) is 2. The van der Waals surface area contributed by atoms with E-state index in [4.69, 9.17) is 9.47 Å². The molecule has 1 heterocycles. The van der Waals surface area contributed by atoms with Gasteiger partial charge in [0.2, 0.25) is 5.91 Å². The quantitative estimate of drug-likeness (QED) is 0.854. The van der Waals surface area contributed by atoms with Crippen LogP contribution in [0.5, 0.6) is 11.5 Å². The van der Waals surface area contributed by atoms with Gasteiger partial charge in [0.15, 0.2) is 17.3 Å². The molecule has 0 fully saturated rings. The monoisotopic (exact) mass is 395 g/mol. The maximum absolute atomic E-state index is 13.3. The van der Waals surface area contributed by atoms with Gasteiger partial charge < -0.3 is 14.8 Å². The molecule has 0 unspecified atom stereocenters. The summed E-state index contributed by atoms with van der Waals surface area (Å²) in [5.74, 6) is 0.174. The van der Waals surface area contributed by atoms with Crippen molar-refractivity contribution in [1.29, 1.82) is 0 Å². The van der Waals surface area contributed by atoms with Crippen LogP contribution in [0.15, 0.2) is 53.7 Å². The Labute approximate surface area is 168 Å². The van der Waals surface area contributed by atoms with Crippen molar-refractivity contribution >= 4 is 11.7 Å². The second-order valence-electron chi connectivity index (χ2n) is 7.36. The maximum atomic E-state index is 13.3. The van der Waals surface area contributed by atoms with Crippen LogP contribution >= 0.6 is 0 Å². The van der Waals surface area contributed by atoms with Gasteiger partial charge in [-0.3, -0.25) is 9.59 Å². The number of allylic oxidation sites excluding steroid dienone is 2. The van der Waals surface area contributed by atoms with Gasteiger partial charge in [0.25, 0.3) is 0 Å². The summed E-state index contributed by atoms with van der Waals surface area (Å²) in [4.78, 5) is 25.6. The highest BCUT2D eigenvalue weighted by molar-refractivity contribution is 6.02. The number of carbonyl (C=O) groups excluding carboxylic acids is 2. The van der Waals surface area contributed by atoms with E-state index in [1.165, 1.54) is 12.1 Å². The van der Waals surface area contributed by atoms with E-state index in [-0.39, 0.29) is 35.8 Å². The molecule has 2 aliphatic rings. The molecule has 0 aromatic heterocycles. The zero-order valence-electron chi connectivity index (χ0n) is 16.3. The average Bonchev–Trinajstić information content (AvgIpc) is 2.72. The summed E-state index contributed by atoms with van der Waals surface area (Å²) in [5.41, 5.74) is 2.95. The van der Waals surface area contributed by atoms with Crippen LogP contribution in [0, 0.1) is 5.82 Å². The van der Waals surface area contributed by atoms with Gasteiger partial charge in [-0.2, -0.15) is 0 Å². The number of rotatable bonds is 4. The third kappa shape index (κ3) is 3.50. The lowest BCUT2D eigenvalue weighted by molar-refractivity contribution is -0.122. The lowest BCUT2D eigenvalue weighted by atomic mass is 9.73. The van der Waals surface area contributed by atoms with Crippen molar-refractivity contribution in [2.45, 2.75) is 31.1 Å². The van der Waals surface area contributed by atoms with Crippen molar-refractivity contribution in [3.63, 3.8) is 0 Å². The van der Waals surface area contributed by atoms with Crippen molar-refractivity contribution in [3.8, 4) is 11.5 Å². The van der Waals surface area contributed by atoms with E-state index in [1.54, 1.807) is 32.4 Å². The van der Waals surface area contributed by atoms with Crippen molar-refractivity contribution in [2.24, 2.45) is 0 Å². The number of hydrogen-bond donors (Lipinski definition) is 1. The largest absolute Gasteiger partial charge is 0.493 e. The molecule has 4 rings (SSSR count). The predicted molar refractivity (Wildman–Crippen MR) is 105 cm³/mol. The lowest BCUT2D eigenvalue weighted by Gasteiger charge is -2.35. The van der Waals surface area contributed by atoms with E-state index in [9.17, 15) is 14.0 Å². The molecule has 5 nitrogen and oxygen atoms in total. The van der Waals surface area contributed by atoms with Crippen LogP contribution in [-0.2, 0) is 9.59 Å². The molecule has 6 heteroatoms. The fourth-order valence-electron chi connectivity index (χ4n) is 4.38. The maximum Gasteiger partial charge on any atom is 0.225 e. The first-order valence-corrected chi connectivity index (χ1v) is 9.54. The molecular weight excluding hydrogens is 373 g/mol. The summed E-state index contributed by atoms with van der Waals surface area (Å²) in [6.45, 7) is 0. The third-order valence-corrected chi connectivity index (χ3v) is 5.69. The van der Waals surface area contributed by atoms with Gasteiger partial charge in [-0.25, -0.2) is 4.39 Å². The highest BCUT2D eigenvalue weighted by Gasteiger charge is 2.39. The Morgan fingerprint density at radius 3 is 2.41 bits per heavy atom. The minimum absolute atomic E-state index is 0.00421. The van der Waals surface area contributed by atoms with Crippen LogP contribution in [0.1, 0.15) is 42.2 Å². The fourth-order valence-corrected chi connectivity index (χ4v) is 4.38. The number of amides is 1. The molecule has 0 spiro atoms. The topological polar surface area (TPSA) is 64.6 Å². The lowest BCUT2D eigenvalue weighted by Crippen LogP contribution is -2.38. The molecule has 2 atom stereocenters. The molecule has 0 saturated heterocycles. The van der Waals surface area contributed by atoms with Crippen molar-refractivity contribution in [1.82, 2.24) is 5.32 Å². The number of hydrogen-bond acceptors (Lipinski definition) is 4. The zero-order chi connectivity index (χ0) is 20.5. The molecule has 150 valence electrons. The summed E-state index contributed by atoms with van der Waals surface area (Å²) in [5, 5.41) is 2.90. The molecule has 1 aliphatic heterocycles. The molecule has 1 N–H and O–H groups in total. The Hall–Kier alpha value is -3.15. The first kappa shape index (κ1) is 19.2. The molecule has 0 saturated carbocycles. The number of benzene rings is 2. The summed E-state index contributed by atoms with van der Waals surface area (Å²) in [6, 6.07) is 11.7. The highest BCUT2D eigenvalue weighted by Crippen LogP contribution is 2.46. The van der Waals surface area contributed by atoms with Gasteiger partial charge in [-0.15, -0.1) is 0 Å². The summed E-state index contributed by atoms with van der Waals surface area (Å²) in [6.07, 6.45) is 1.03. The molecule has 2 aromatic carbocycles. The highest BCUT2D eigenvalue weighted by atomic mass is 19.1. The molecule has 0 radical (unpaired) electrons. The summed E-state index contributed by atoms with van der Waals surface area (Å²) < 4.78 is 24.2. The Balaban J connectivity index is 1.75. The van der Waals surface area contributed by atoms with Gasteiger partial charge in [0.1, 0.15) is 5.82 Å². The van der Waals surface area contributed by atoms with Crippen molar-refractivity contribution < 1.29 is 23.5 Å². The SMILES string of the molecule is COc1cccc([C@@H]2CC(=O)NC3=C2C(=O)C[C@H](c2ccc(F)cc2)C3)c1OC. The smallest absolute Gasteiger partial charge is 0.225 e. The molecule has 0 bridgehead atoms. The Morgan fingerprint density at radius 1 is 0.966 bits per heavy atom. The van der Waals surface area contributed by atoms with Gasteiger partial charge in [-0.05, 0) is 36.1 Å². The van der Waals surface area contributed by atoms with E-state index < -0.39 is 0 Å². The normalized spacial score (nSPS) is 21.5. The first-order chi connectivity index (χ1) is 14.0. The second kappa shape index (κ2) is 7.70. The van der Waals surface area contributed by atoms with E-state index >= 15 is 0 Å². The van der Waals surface area contributed by atoms with Crippen LogP contribution in [-0.4, -0.2) is 25.9 Å². The van der Waals surface area contributed by atoms with E-state index in [0.29, 0.717) is 35.6 Å². The standard InChI is InChI=1S/C23H22FNO4/c1-28-20-5-3-4-16(23(20)29-2)17-12-21(27)25-18-10-14(11-19(26)22(17)18)13-6-8-15(24)9-7-13/h3-9,14,17H,10-12H2,1-2H3,(H,25,27)/t14-,17+/m1/s1. The van der Waals surface area contributed by atoms with E-state index in [1.807, 2.05) is 12.1 Å². The van der Waals surface area contributed by atoms with Gasteiger partial charge >= 0.3 is 0 Å². The van der Waals surface area contributed by atoms with Crippen LogP contribution in [0.25, 0.3) is 0 Å². The van der Waals surface area contributed by atoms with E-state index in [0.717, 1.165) is 11.1 Å². The minimum atomic E-state index is -0.384. The zero-order valence-corrected chi connectivity index (χ0v) is 16.3.